The van der Waals surface area contributed by atoms with Gasteiger partial charge in [0, 0.05) is 30.4 Å². The molecule has 0 aliphatic heterocycles. The Morgan fingerprint density at radius 1 is 1.12 bits per heavy atom. The molecule has 0 radical (unpaired) electrons. The molecule has 0 saturated heterocycles. The summed E-state index contributed by atoms with van der Waals surface area (Å²) in [6.45, 7) is 0. The molecule has 2 aromatic rings. The summed E-state index contributed by atoms with van der Waals surface area (Å²) in [7, 11) is 4.02. The Balaban J connectivity index is 2.49. The van der Waals surface area contributed by atoms with Crippen molar-refractivity contribution in [3.8, 4) is 11.1 Å². The second-order valence-electron chi connectivity index (χ2n) is 3.85. The van der Waals surface area contributed by atoms with Crippen LogP contribution in [0.1, 0.15) is 1.37 Å². The zero-order valence-corrected chi connectivity index (χ0v) is 10.1. The summed E-state index contributed by atoms with van der Waals surface area (Å²) < 4.78 is 7.51. The predicted molar refractivity (Wildman–Crippen MR) is 71.2 cm³/mol. The van der Waals surface area contributed by atoms with E-state index in [1.54, 1.807) is 12.1 Å². The van der Waals surface area contributed by atoms with Crippen LogP contribution in [-0.4, -0.2) is 14.1 Å². The maximum Gasteiger partial charge on any atom is 0.0623 e. The van der Waals surface area contributed by atoms with Gasteiger partial charge in [0.25, 0.3) is 0 Å². The summed E-state index contributed by atoms with van der Waals surface area (Å²) in [6.07, 6.45) is 0. The number of nitrogens with zero attached hydrogens (tertiary/aromatic N) is 1. The SMILES string of the molecule is [2H]c1ccc(-c2cccc(N(C)C)c2)c(Cl)c1. The maximum atomic E-state index is 7.51. The average molecular weight is 233 g/mol. The van der Waals surface area contributed by atoms with Crippen molar-refractivity contribution in [3.63, 3.8) is 0 Å². The quantitative estimate of drug-likeness (QED) is 0.755. The van der Waals surface area contributed by atoms with Gasteiger partial charge in [-0.1, -0.05) is 41.9 Å². The van der Waals surface area contributed by atoms with Crippen molar-refractivity contribution in [1.82, 2.24) is 0 Å². The molecule has 0 saturated carbocycles. The fourth-order valence-corrected chi connectivity index (χ4v) is 1.83. The number of halogens is 1. The molecule has 0 aromatic heterocycles. The molecule has 0 aliphatic carbocycles. The Morgan fingerprint density at radius 2 is 1.94 bits per heavy atom. The number of anilines is 1. The first-order valence-corrected chi connectivity index (χ1v) is 5.49. The van der Waals surface area contributed by atoms with Crippen LogP contribution in [0.15, 0.2) is 48.5 Å². The second-order valence-corrected chi connectivity index (χ2v) is 4.26. The van der Waals surface area contributed by atoms with Crippen LogP contribution in [0.3, 0.4) is 0 Å². The van der Waals surface area contributed by atoms with Gasteiger partial charge >= 0.3 is 0 Å². The Labute approximate surface area is 103 Å². The van der Waals surface area contributed by atoms with Gasteiger partial charge in [-0.3, -0.25) is 0 Å². The highest BCUT2D eigenvalue weighted by atomic mass is 35.5. The molecule has 16 heavy (non-hydrogen) atoms. The van der Waals surface area contributed by atoms with Gasteiger partial charge in [0.15, 0.2) is 0 Å². The van der Waals surface area contributed by atoms with Crippen molar-refractivity contribution < 1.29 is 1.37 Å². The van der Waals surface area contributed by atoms with Gasteiger partial charge in [0.1, 0.15) is 0 Å². The molecule has 0 bridgehead atoms. The molecule has 0 spiro atoms. The fourth-order valence-electron chi connectivity index (χ4n) is 1.60. The number of benzene rings is 2. The van der Waals surface area contributed by atoms with E-state index in [2.05, 4.69) is 17.0 Å². The summed E-state index contributed by atoms with van der Waals surface area (Å²) in [5.74, 6) is 0. The first kappa shape index (κ1) is 9.73. The van der Waals surface area contributed by atoms with Gasteiger partial charge in [-0.25, -0.2) is 0 Å². The summed E-state index contributed by atoms with van der Waals surface area (Å²) >= 11 is 6.16. The van der Waals surface area contributed by atoms with Gasteiger partial charge in [0.2, 0.25) is 0 Å². The van der Waals surface area contributed by atoms with Crippen molar-refractivity contribution in [2.45, 2.75) is 0 Å². The minimum Gasteiger partial charge on any atom is -0.378 e. The summed E-state index contributed by atoms with van der Waals surface area (Å²) in [5.41, 5.74) is 3.17. The minimum atomic E-state index is 0.433. The zero-order valence-electron chi connectivity index (χ0n) is 10.4. The van der Waals surface area contributed by atoms with E-state index >= 15 is 0 Å². The fraction of sp³-hybridized carbons (Fsp3) is 0.143. The van der Waals surface area contributed by atoms with E-state index in [0.29, 0.717) is 11.1 Å². The normalized spacial score (nSPS) is 11.1. The van der Waals surface area contributed by atoms with Gasteiger partial charge < -0.3 is 4.90 Å². The molecular weight excluding hydrogens is 218 g/mol. The van der Waals surface area contributed by atoms with E-state index in [-0.39, 0.29) is 0 Å². The monoisotopic (exact) mass is 232 g/mol. The molecule has 0 fully saturated rings. The molecule has 0 atom stereocenters. The van der Waals surface area contributed by atoms with E-state index in [4.69, 9.17) is 13.0 Å². The van der Waals surface area contributed by atoms with Crippen LogP contribution in [-0.2, 0) is 0 Å². The van der Waals surface area contributed by atoms with Gasteiger partial charge in [-0.05, 0) is 23.8 Å². The summed E-state index contributed by atoms with van der Waals surface area (Å²) in [4.78, 5) is 2.05. The third-order valence-electron chi connectivity index (χ3n) is 2.49. The molecule has 2 aromatic carbocycles. The van der Waals surface area contributed by atoms with Crippen LogP contribution in [0.25, 0.3) is 11.1 Å². The lowest BCUT2D eigenvalue weighted by Crippen LogP contribution is -2.08. The molecule has 0 N–H and O–H groups in total. The molecule has 0 amide bonds. The average Bonchev–Trinajstić information content (AvgIpc) is 2.29. The molecule has 2 rings (SSSR count). The van der Waals surface area contributed by atoms with Gasteiger partial charge in [0.05, 0.1) is 1.37 Å². The largest absolute Gasteiger partial charge is 0.378 e. The van der Waals surface area contributed by atoms with Crippen LogP contribution >= 0.6 is 11.6 Å². The zero-order chi connectivity index (χ0) is 12.4. The molecule has 1 nitrogen and oxygen atoms in total. The molecule has 0 heterocycles. The molecule has 0 unspecified atom stereocenters. The van der Waals surface area contributed by atoms with Crippen LogP contribution in [0.2, 0.25) is 5.02 Å². The van der Waals surface area contributed by atoms with Gasteiger partial charge in [-0.2, -0.15) is 0 Å². The van der Waals surface area contributed by atoms with E-state index in [9.17, 15) is 0 Å². The second kappa shape index (κ2) is 4.58. The van der Waals surface area contributed by atoms with Crippen molar-refractivity contribution in [1.29, 1.82) is 0 Å². The highest BCUT2D eigenvalue weighted by Crippen LogP contribution is 2.29. The molecule has 2 heteroatoms. The highest BCUT2D eigenvalue weighted by molar-refractivity contribution is 6.33. The van der Waals surface area contributed by atoms with Crippen molar-refractivity contribution in [2.75, 3.05) is 19.0 Å². The molecular formula is C14H14ClN. The number of hydrogen-bond donors (Lipinski definition) is 0. The summed E-state index contributed by atoms with van der Waals surface area (Å²) in [5, 5.41) is 0.619. The number of rotatable bonds is 2. The Hall–Kier alpha value is -1.47. The lowest BCUT2D eigenvalue weighted by Gasteiger charge is -2.14. The maximum absolute atomic E-state index is 7.51. The standard InChI is InChI=1S/C14H14ClN/c1-16(2)12-7-5-6-11(10-12)13-8-3-4-9-14(13)15/h3-10H,1-2H3/i4D. The third kappa shape index (κ3) is 2.20. The lowest BCUT2D eigenvalue weighted by molar-refractivity contribution is 1.13. The smallest absolute Gasteiger partial charge is 0.0623 e. The number of hydrogen-bond acceptors (Lipinski definition) is 1. The summed E-state index contributed by atoms with van der Waals surface area (Å²) in [6, 6.07) is 13.9. The highest BCUT2D eigenvalue weighted by Gasteiger charge is 2.03. The molecule has 0 aliphatic rings. The first-order chi connectivity index (χ1) is 8.08. The van der Waals surface area contributed by atoms with E-state index < -0.39 is 0 Å². The van der Waals surface area contributed by atoms with E-state index in [1.807, 2.05) is 32.3 Å². The van der Waals surface area contributed by atoms with Crippen molar-refractivity contribution in [3.05, 3.63) is 53.5 Å². The Kier molecular flexibility index (Phi) is 2.79. The van der Waals surface area contributed by atoms with E-state index in [1.165, 1.54) is 0 Å². The van der Waals surface area contributed by atoms with Crippen LogP contribution in [0, 0.1) is 0 Å². The predicted octanol–water partition coefficient (Wildman–Crippen LogP) is 4.07. The first-order valence-electron chi connectivity index (χ1n) is 5.62. The van der Waals surface area contributed by atoms with E-state index in [0.717, 1.165) is 16.8 Å². The van der Waals surface area contributed by atoms with Crippen LogP contribution < -0.4 is 4.90 Å². The third-order valence-corrected chi connectivity index (χ3v) is 2.80. The lowest BCUT2D eigenvalue weighted by atomic mass is 10.1. The van der Waals surface area contributed by atoms with Crippen LogP contribution in [0.4, 0.5) is 5.69 Å². The van der Waals surface area contributed by atoms with Crippen LogP contribution in [0.5, 0.6) is 0 Å². The Bertz CT molecular complexity index is 537. The topological polar surface area (TPSA) is 3.24 Å². The Morgan fingerprint density at radius 3 is 2.62 bits per heavy atom. The molecule has 82 valence electrons. The van der Waals surface area contributed by atoms with Crippen molar-refractivity contribution in [2.24, 2.45) is 0 Å². The van der Waals surface area contributed by atoms with Crippen molar-refractivity contribution >= 4 is 17.3 Å². The minimum absolute atomic E-state index is 0.433. The van der Waals surface area contributed by atoms with Gasteiger partial charge in [-0.15, -0.1) is 0 Å².